The number of hydrogen-bond acceptors (Lipinski definition) is 3. The summed E-state index contributed by atoms with van der Waals surface area (Å²) < 4.78 is 4.24. The number of aryl methyl sites for hydroxylation is 1. The molecule has 0 radical (unpaired) electrons. The van der Waals surface area contributed by atoms with Crippen molar-refractivity contribution >= 4 is 11.5 Å². The maximum Gasteiger partial charge on any atom is 0.0542 e. The molecule has 0 saturated heterocycles. The van der Waals surface area contributed by atoms with E-state index in [1.165, 1.54) is 10.6 Å². The van der Waals surface area contributed by atoms with Crippen molar-refractivity contribution in [3.05, 3.63) is 16.6 Å². The van der Waals surface area contributed by atoms with Gasteiger partial charge in [-0.2, -0.15) is 4.37 Å². The first-order valence-corrected chi connectivity index (χ1v) is 4.28. The van der Waals surface area contributed by atoms with E-state index in [-0.39, 0.29) is 0 Å². The van der Waals surface area contributed by atoms with E-state index in [1.54, 1.807) is 11.5 Å². The maximum absolute atomic E-state index is 5.39. The summed E-state index contributed by atoms with van der Waals surface area (Å²) in [5, 5.41) is 0. The van der Waals surface area contributed by atoms with Crippen LogP contribution in [0.5, 0.6) is 0 Å². The summed E-state index contributed by atoms with van der Waals surface area (Å²) in [7, 11) is 0. The molecule has 0 saturated carbocycles. The summed E-state index contributed by atoms with van der Waals surface area (Å²) in [6, 6.07) is 2.14. The van der Waals surface area contributed by atoms with Crippen molar-refractivity contribution in [2.45, 2.75) is 19.8 Å². The zero-order valence-corrected chi connectivity index (χ0v) is 6.95. The third-order valence-corrected chi connectivity index (χ3v) is 2.24. The molecule has 0 spiro atoms. The standard InChI is InChI=1S/C7H12N2S/c1-2-6-5-7(3-4-8)10-9-6/h5H,2-4,8H2,1H3. The lowest BCUT2D eigenvalue weighted by atomic mass is 10.3. The van der Waals surface area contributed by atoms with Gasteiger partial charge in [0.25, 0.3) is 0 Å². The smallest absolute Gasteiger partial charge is 0.0542 e. The van der Waals surface area contributed by atoms with Crippen LogP contribution in [0, 0.1) is 0 Å². The van der Waals surface area contributed by atoms with Gasteiger partial charge in [0.15, 0.2) is 0 Å². The monoisotopic (exact) mass is 156 g/mol. The molecule has 0 aliphatic rings. The Balaban J connectivity index is 2.59. The first kappa shape index (κ1) is 7.69. The van der Waals surface area contributed by atoms with E-state index in [2.05, 4.69) is 17.4 Å². The second-order valence-corrected chi connectivity index (χ2v) is 3.07. The van der Waals surface area contributed by atoms with Gasteiger partial charge in [-0.05, 0) is 37.0 Å². The molecular weight excluding hydrogens is 144 g/mol. The van der Waals surface area contributed by atoms with E-state index in [9.17, 15) is 0 Å². The number of nitrogens with two attached hydrogens (primary N) is 1. The largest absolute Gasteiger partial charge is 0.330 e. The van der Waals surface area contributed by atoms with E-state index >= 15 is 0 Å². The lowest BCUT2D eigenvalue weighted by Crippen LogP contribution is -2.00. The first-order valence-electron chi connectivity index (χ1n) is 3.51. The van der Waals surface area contributed by atoms with Crippen LogP contribution >= 0.6 is 11.5 Å². The van der Waals surface area contributed by atoms with Gasteiger partial charge in [0.2, 0.25) is 0 Å². The Morgan fingerprint density at radius 1 is 1.70 bits per heavy atom. The zero-order chi connectivity index (χ0) is 7.40. The molecule has 0 aromatic carbocycles. The van der Waals surface area contributed by atoms with Crippen molar-refractivity contribution < 1.29 is 0 Å². The highest BCUT2D eigenvalue weighted by molar-refractivity contribution is 7.05. The highest BCUT2D eigenvalue weighted by atomic mass is 32.1. The molecule has 1 aromatic rings. The van der Waals surface area contributed by atoms with Crippen LogP contribution in [0.3, 0.4) is 0 Å². The summed E-state index contributed by atoms with van der Waals surface area (Å²) in [4.78, 5) is 1.30. The van der Waals surface area contributed by atoms with Crippen LogP contribution in [0.15, 0.2) is 6.07 Å². The topological polar surface area (TPSA) is 38.9 Å². The Labute approximate surface area is 65.2 Å². The molecule has 0 amide bonds. The van der Waals surface area contributed by atoms with Crippen molar-refractivity contribution in [2.75, 3.05) is 6.54 Å². The summed E-state index contributed by atoms with van der Waals surface area (Å²) in [5.74, 6) is 0. The van der Waals surface area contributed by atoms with Crippen molar-refractivity contribution in [2.24, 2.45) is 5.73 Å². The van der Waals surface area contributed by atoms with Gasteiger partial charge in [-0.15, -0.1) is 0 Å². The third-order valence-electron chi connectivity index (χ3n) is 1.36. The lowest BCUT2D eigenvalue weighted by Gasteiger charge is -1.86. The van der Waals surface area contributed by atoms with Crippen molar-refractivity contribution in [1.82, 2.24) is 4.37 Å². The van der Waals surface area contributed by atoms with Crippen LogP contribution in [0.4, 0.5) is 0 Å². The van der Waals surface area contributed by atoms with E-state index in [1.807, 2.05) is 0 Å². The Kier molecular flexibility index (Phi) is 2.83. The Hall–Kier alpha value is -0.410. The Morgan fingerprint density at radius 3 is 3.00 bits per heavy atom. The molecule has 0 bridgehead atoms. The average Bonchev–Trinajstić information content (AvgIpc) is 2.37. The quantitative estimate of drug-likeness (QED) is 0.714. The predicted molar refractivity (Wildman–Crippen MR) is 44.3 cm³/mol. The van der Waals surface area contributed by atoms with Crippen LogP contribution in [0.25, 0.3) is 0 Å². The fraction of sp³-hybridized carbons (Fsp3) is 0.571. The molecule has 0 atom stereocenters. The normalized spacial score (nSPS) is 10.2. The summed E-state index contributed by atoms with van der Waals surface area (Å²) in [6.45, 7) is 2.84. The fourth-order valence-corrected chi connectivity index (χ4v) is 1.60. The summed E-state index contributed by atoms with van der Waals surface area (Å²) in [6.07, 6.45) is 2.00. The summed E-state index contributed by atoms with van der Waals surface area (Å²) >= 11 is 1.57. The molecule has 0 aliphatic carbocycles. The van der Waals surface area contributed by atoms with E-state index in [0.717, 1.165) is 19.4 Å². The zero-order valence-electron chi connectivity index (χ0n) is 6.13. The number of aromatic nitrogens is 1. The highest BCUT2D eigenvalue weighted by Gasteiger charge is 1.97. The van der Waals surface area contributed by atoms with Crippen LogP contribution < -0.4 is 5.73 Å². The minimum Gasteiger partial charge on any atom is -0.330 e. The second kappa shape index (κ2) is 3.68. The minimum absolute atomic E-state index is 0.728. The molecule has 0 unspecified atom stereocenters. The molecule has 2 N–H and O–H groups in total. The molecule has 10 heavy (non-hydrogen) atoms. The van der Waals surface area contributed by atoms with Gasteiger partial charge in [0, 0.05) is 4.88 Å². The van der Waals surface area contributed by atoms with E-state index in [4.69, 9.17) is 5.73 Å². The average molecular weight is 156 g/mol. The van der Waals surface area contributed by atoms with Crippen molar-refractivity contribution in [3.8, 4) is 0 Å². The number of nitrogens with zero attached hydrogens (tertiary/aromatic N) is 1. The van der Waals surface area contributed by atoms with Crippen LogP contribution in [0.1, 0.15) is 17.5 Å². The molecule has 56 valence electrons. The first-order chi connectivity index (χ1) is 4.86. The van der Waals surface area contributed by atoms with Gasteiger partial charge < -0.3 is 5.73 Å². The molecule has 3 heteroatoms. The van der Waals surface area contributed by atoms with Gasteiger partial charge in [-0.3, -0.25) is 0 Å². The molecule has 0 aliphatic heterocycles. The maximum atomic E-state index is 5.39. The van der Waals surface area contributed by atoms with Crippen LogP contribution in [-0.2, 0) is 12.8 Å². The molecule has 2 nitrogen and oxygen atoms in total. The van der Waals surface area contributed by atoms with Crippen LogP contribution in [0.2, 0.25) is 0 Å². The third kappa shape index (κ3) is 1.78. The molecule has 1 rings (SSSR count). The van der Waals surface area contributed by atoms with E-state index < -0.39 is 0 Å². The molecular formula is C7H12N2S. The second-order valence-electron chi connectivity index (χ2n) is 2.18. The number of hydrogen-bond donors (Lipinski definition) is 1. The summed E-state index contributed by atoms with van der Waals surface area (Å²) in [5.41, 5.74) is 6.58. The van der Waals surface area contributed by atoms with Crippen LogP contribution in [-0.4, -0.2) is 10.9 Å². The van der Waals surface area contributed by atoms with Gasteiger partial charge >= 0.3 is 0 Å². The van der Waals surface area contributed by atoms with E-state index in [0.29, 0.717) is 0 Å². The lowest BCUT2D eigenvalue weighted by molar-refractivity contribution is 0.984. The minimum atomic E-state index is 0.728. The Morgan fingerprint density at radius 2 is 2.50 bits per heavy atom. The van der Waals surface area contributed by atoms with Crippen molar-refractivity contribution in [3.63, 3.8) is 0 Å². The van der Waals surface area contributed by atoms with Gasteiger partial charge in [0.05, 0.1) is 5.69 Å². The van der Waals surface area contributed by atoms with Gasteiger partial charge in [-0.25, -0.2) is 0 Å². The Bertz CT molecular complexity index is 195. The van der Waals surface area contributed by atoms with Gasteiger partial charge in [0.1, 0.15) is 0 Å². The predicted octanol–water partition coefficient (Wildman–Crippen LogP) is 1.21. The highest BCUT2D eigenvalue weighted by Crippen LogP contribution is 2.09. The molecule has 1 heterocycles. The molecule has 0 fully saturated rings. The SMILES string of the molecule is CCc1cc(CCN)sn1. The number of rotatable bonds is 3. The molecule has 1 aromatic heterocycles. The van der Waals surface area contributed by atoms with Crippen molar-refractivity contribution in [1.29, 1.82) is 0 Å². The fourth-order valence-electron chi connectivity index (χ4n) is 0.782. The van der Waals surface area contributed by atoms with Gasteiger partial charge in [-0.1, -0.05) is 6.92 Å².